The lowest BCUT2D eigenvalue weighted by Crippen LogP contribution is -2.20. The van der Waals surface area contributed by atoms with Crippen molar-refractivity contribution in [3.8, 4) is 17.6 Å². The Kier molecular flexibility index (Phi) is 7.63. The minimum Gasteiger partial charge on any atom is -0.508 e. The van der Waals surface area contributed by atoms with Gasteiger partial charge in [-0.15, -0.1) is 0 Å². The lowest BCUT2D eigenvalue weighted by molar-refractivity contribution is -0.118. The smallest absolute Gasteiger partial charge is 0.266 e. The number of carbonyl (C=O) groups excluding carboxylic acids is 2. The van der Waals surface area contributed by atoms with Crippen molar-refractivity contribution in [2.75, 3.05) is 17.2 Å². The molecule has 0 unspecified atom stereocenters. The second kappa shape index (κ2) is 10.8. The number of benzene rings is 3. The molecule has 166 valence electrons. The van der Waals surface area contributed by atoms with E-state index in [0.29, 0.717) is 22.0 Å². The normalized spacial score (nSPS) is 10.8. The molecule has 0 aliphatic carbocycles. The van der Waals surface area contributed by atoms with Crippen LogP contribution in [0, 0.1) is 17.1 Å². The molecule has 0 spiro atoms. The van der Waals surface area contributed by atoms with Crippen molar-refractivity contribution >= 4 is 40.9 Å². The van der Waals surface area contributed by atoms with Gasteiger partial charge in [0, 0.05) is 22.0 Å². The number of nitrogens with zero attached hydrogens (tertiary/aromatic N) is 1. The average Bonchev–Trinajstić information content (AvgIpc) is 2.79. The van der Waals surface area contributed by atoms with Crippen LogP contribution >= 0.6 is 11.6 Å². The third kappa shape index (κ3) is 6.82. The third-order valence-electron chi connectivity index (χ3n) is 4.25. The fourth-order valence-corrected chi connectivity index (χ4v) is 2.86. The Morgan fingerprint density at radius 1 is 1.03 bits per heavy atom. The molecule has 3 N–H and O–H groups in total. The van der Waals surface area contributed by atoms with Gasteiger partial charge in [-0.25, -0.2) is 4.39 Å². The Morgan fingerprint density at radius 2 is 1.67 bits per heavy atom. The summed E-state index contributed by atoms with van der Waals surface area (Å²) < 4.78 is 18.5. The van der Waals surface area contributed by atoms with Crippen LogP contribution in [0.15, 0.2) is 72.3 Å². The molecule has 3 aromatic carbocycles. The number of phenols is 1. The number of hydrogen-bond acceptors (Lipinski definition) is 5. The number of anilines is 2. The number of phenolic OH excluding ortho intramolecular Hbond substituents is 1. The molecule has 0 aliphatic rings. The van der Waals surface area contributed by atoms with E-state index in [4.69, 9.17) is 16.3 Å². The molecule has 0 fully saturated rings. The first kappa shape index (κ1) is 23.3. The molecule has 2 amide bonds. The van der Waals surface area contributed by atoms with Gasteiger partial charge >= 0.3 is 0 Å². The summed E-state index contributed by atoms with van der Waals surface area (Å²) in [6.45, 7) is -0.374. The van der Waals surface area contributed by atoms with Crippen LogP contribution in [0.4, 0.5) is 15.8 Å². The van der Waals surface area contributed by atoms with E-state index in [1.165, 1.54) is 72.8 Å². The van der Waals surface area contributed by atoms with Crippen molar-refractivity contribution in [1.82, 2.24) is 0 Å². The maximum Gasteiger partial charge on any atom is 0.266 e. The van der Waals surface area contributed by atoms with Gasteiger partial charge in [-0.05, 0) is 72.8 Å². The molecule has 9 heteroatoms. The molecule has 0 saturated heterocycles. The Balaban J connectivity index is 1.73. The fourth-order valence-electron chi connectivity index (χ4n) is 2.68. The number of amides is 2. The second-order valence-electron chi connectivity index (χ2n) is 6.70. The Morgan fingerprint density at radius 3 is 2.33 bits per heavy atom. The van der Waals surface area contributed by atoms with E-state index >= 15 is 0 Å². The highest BCUT2D eigenvalue weighted by Crippen LogP contribution is 2.26. The maximum atomic E-state index is 13.0. The first-order chi connectivity index (χ1) is 15.8. The van der Waals surface area contributed by atoms with Gasteiger partial charge in [-0.2, -0.15) is 5.26 Å². The number of hydrogen-bond donors (Lipinski definition) is 3. The predicted molar refractivity (Wildman–Crippen MR) is 122 cm³/mol. The van der Waals surface area contributed by atoms with Crippen molar-refractivity contribution in [2.24, 2.45) is 0 Å². The lowest BCUT2D eigenvalue weighted by atomic mass is 10.1. The molecule has 0 radical (unpaired) electrons. The fraction of sp³-hybridized carbons (Fsp3) is 0.0417. The molecule has 0 aliphatic heterocycles. The van der Waals surface area contributed by atoms with Crippen LogP contribution < -0.4 is 15.4 Å². The summed E-state index contributed by atoms with van der Waals surface area (Å²) in [5, 5.41) is 24.2. The summed E-state index contributed by atoms with van der Waals surface area (Å²) >= 11 is 6.05. The van der Waals surface area contributed by atoms with Gasteiger partial charge in [0.25, 0.3) is 11.8 Å². The molecule has 0 heterocycles. The van der Waals surface area contributed by atoms with Crippen molar-refractivity contribution in [3.05, 3.63) is 88.7 Å². The van der Waals surface area contributed by atoms with Gasteiger partial charge in [0.1, 0.15) is 29.0 Å². The number of ether oxygens (including phenoxy) is 1. The maximum absolute atomic E-state index is 13.0. The van der Waals surface area contributed by atoms with E-state index in [1.54, 1.807) is 0 Å². The molecule has 0 saturated carbocycles. The van der Waals surface area contributed by atoms with Crippen LogP contribution in [-0.2, 0) is 9.59 Å². The van der Waals surface area contributed by atoms with Gasteiger partial charge < -0.3 is 20.5 Å². The quantitative estimate of drug-likeness (QED) is 0.265. The van der Waals surface area contributed by atoms with Crippen LogP contribution in [0.25, 0.3) is 6.08 Å². The molecule has 0 atom stereocenters. The molecule has 0 aromatic heterocycles. The van der Waals surface area contributed by atoms with Crippen LogP contribution in [0.3, 0.4) is 0 Å². The minimum absolute atomic E-state index is 0.0354. The van der Waals surface area contributed by atoms with Gasteiger partial charge in [-0.3, -0.25) is 9.59 Å². The third-order valence-corrected chi connectivity index (χ3v) is 4.48. The van der Waals surface area contributed by atoms with Crippen LogP contribution in [0.1, 0.15) is 5.56 Å². The van der Waals surface area contributed by atoms with E-state index < -0.39 is 17.6 Å². The van der Waals surface area contributed by atoms with E-state index in [1.807, 2.05) is 6.07 Å². The Labute approximate surface area is 193 Å². The number of halogens is 2. The van der Waals surface area contributed by atoms with Crippen molar-refractivity contribution in [1.29, 1.82) is 5.26 Å². The van der Waals surface area contributed by atoms with E-state index in [0.717, 1.165) is 0 Å². The Bertz CT molecular complexity index is 1240. The number of carbonyl (C=O) groups is 2. The lowest BCUT2D eigenvalue weighted by Gasteiger charge is -2.11. The topological polar surface area (TPSA) is 111 Å². The molecule has 0 bridgehead atoms. The summed E-state index contributed by atoms with van der Waals surface area (Å²) in [4.78, 5) is 24.7. The van der Waals surface area contributed by atoms with E-state index in [-0.39, 0.29) is 23.7 Å². The molecular formula is C24H17ClFN3O4. The van der Waals surface area contributed by atoms with Crippen molar-refractivity contribution in [2.45, 2.75) is 0 Å². The highest BCUT2D eigenvalue weighted by molar-refractivity contribution is 6.30. The molecule has 7 nitrogen and oxygen atoms in total. The van der Waals surface area contributed by atoms with Crippen LogP contribution in [-0.4, -0.2) is 23.5 Å². The summed E-state index contributed by atoms with van der Waals surface area (Å²) in [5.41, 5.74) is 0.873. The highest BCUT2D eigenvalue weighted by atomic mass is 35.5. The van der Waals surface area contributed by atoms with E-state index in [2.05, 4.69) is 10.6 Å². The predicted octanol–water partition coefficient (Wildman–Crippen LogP) is 4.75. The summed E-state index contributed by atoms with van der Waals surface area (Å²) in [7, 11) is 0. The van der Waals surface area contributed by atoms with Crippen LogP contribution in [0.2, 0.25) is 5.02 Å². The molecule has 3 rings (SSSR count). The highest BCUT2D eigenvalue weighted by Gasteiger charge is 2.13. The number of aromatic hydroxyl groups is 1. The summed E-state index contributed by atoms with van der Waals surface area (Å²) in [6, 6.07) is 17.4. The average molecular weight is 466 g/mol. The van der Waals surface area contributed by atoms with Crippen molar-refractivity contribution in [3.63, 3.8) is 0 Å². The van der Waals surface area contributed by atoms with Gasteiger partial charge in [0.2, 0.25) is 0 Å². The van der Waals surface area contributed by atoms with Crippen LogP contribution in [0.5, 0.6) is 11.5 Å². The first-order valence-corrected chi connectivity index (χ1v) is 9.92. The van der Waals surface area contributed by atoms with Gasteiger partial charge in [0.05, 0.1) is 0 Å². The summed E-state index contributed by atoms with van der Waals surface area (Å²) in [5.74, 6) is -1.34. The Hall–Kier alpha value is -4.35. The number of nitriles is 1. The minimum atomic E-state index is -0.678. The largest absolute Gasteiger partial charge is 0.508 e. The van der Waals surface area contributed by atoms with Gasteiger partial charge in [-0.1, -0.05) is 11.6 Å². The standard InChI is InChI=1S/C24H17ClFN3O4/c25-17-1-10-22(33-14-23(31)28-19-4-2-18(26)3-5-19)15(12-17)11-16(13-27)24(32)29-20-6-8-21(30)9-7-20/h1-12,30H,14H2,(H,28,31)(H,29,32)/b16-11+. The van der Waals surface area contributed by atoms with Gasteiger partial charge in [0.15, 0.2) is 6.61 Å². The first-order valence-electron chi connectivity index (χ1n) is 9.54. The zero-order chi connectivity index (χ0) is 23.8. The zero-order valence-electron chi connectivity index (χ0n) is 17.0. The molecular weight excluding hydrogens is 449 g/mol. The second-order valence-corrected chi connectivity index (χ2v) is 7.13. The number of rotatable bonds is 7. The molecule has 3 aromatic rings. The summed E-state index contributed by atoms with van der Waals surface area (Å²) in [6.07, 6.45) is 1.29. The SMILES string of the molecule is N#C/C(=C\c1cc(Cl)ccc1OCC(=O)Nc1ccc(F)cc1)C(=O)Nc1ccc(O)cc1. The zero-order valence-corrected chi connectivity index (χ0v) is 17.8. The van der Waals surface area contributed by atoms with E-state index in [9.17, 15) is 24.3 Å². The molecule has 33 heavy (non-hydrogen) atoms. The monoisotopic (exact) mass is 465 g/mol. The number of nitrogens with one attached hydrogen (secondary N) is 2. The van der Waals surface area contributed by atoms with Crippen molar-refractivity contribution < 1.29 is 23.8 Å².